The maximum atomic E-state index is 11.6. The number of primary amides is 1. The maximum Gasteiger partial charge on any atom is 0.250 e. The third-order valence-electron chi connectivity index (χ3n) is 4.99. The van der Waals surface area contributed by atoms with Gasteiger partial charge in [0.2, 0.25) is 5.95 Å². The molecule has 3 heterocycles. The number of nitrogens with zero attached hydrogens (tertiary/aromatic N) is 3. The Bertz CT molecular complexity index is 753. The Morgan fingerprint density at radius 2 is 2.22 bits per heavy atom. The zero-order valence-corrected chi connectivity index (χ0v) is 13.6. The minimum atomic E-state index is -0.431. The average molecular weight is 313 g/mol. The number of anilines is 1. The Hall–Kier alpha value is -2.08. The van der Waals surface area contributed by atoms with E-state index >= 15 is 0 Å². The van der Waals surface area contributed by atoms with Gasteiger partial charge in [0, 0.05) is 31.7 Å². The molecule has 0 radical (unpaired) electrons. The highest BCUT2D eigenvalue weighted by molar-refractivity contribution is 6.04. The fraction of sp³-hybridized carbons (Fsp3) is 0.529. The van der Waals surface area contributed by atoms with Crippen LogP contribution in [-0.2, 0) is 0 Å². The molecule has 1 amide bonds. The lowest BCUT2D eigenvalue weighted by molar-refractivity contribution is 0.100. The summed E-state index contributed by atoms with van der Waals surface area (Å²) < 4.78 is 0. The van der Waals surface area contributed by atoms with Crippen molar-refractivity contribution in [2.75, 3.05) is 24.5 Å². The van der Waals surface area contributed by atoms with E-state index in [2.05, 4.69) is 33.6 Å². The van der Waals surface area contributed by atoms with E-state index in [1.165, 1.54) is 13.0 Å². The minimum Gasteiger partial charge on any atom is -0.366 e. The van der Waals surface area contributed by atoms with E-state index in [1.54, 1.807) is 6.07 Å². The zero-order valence-electron chi connectivity index (χ0n) is 13.6. The summed E-state index contributed by atoms with van der Waals surface area (Å²) in [6.45, 7) is 7.81. The molecule has 6 nitrogen and oxygen atoms in total. The van der Waals surface area contributed by atoms with Crippen molar-refractivity contribution in [1.29, 1.82) is 0 Å². The fourth-order valence-electron chi connectivity index (χ4n) is 4.06. The largest absolute Gasteiger partial charge is 0.366 e. The Morgan fingerprint density at radius 3 is 2.87 bits per heavy atom. The Balaban J connectivity index is 1.60. The maximum absolute atomic E-state index is 11.6. The van der Waals surface area contributed by atoms with Gasteiger partial charge in [-0.15, -0.1) is 0 Å². The number of rotatable bonds is 4. The lowest BCUT2D eigenvalue weighted by atomic mass is 10.2. The van der Waals surface area contributed by atoms with Crippen molar-refractivity contribution < 1.29 is 4.79 Å². The van der Waals surface area contributed by atoms with Gasteiger partial charge in [-0.2, -0.15) is 0 Å². The van der Waals surface area contributed by atoms with Gasteiger partial charge in [0.1, 0.15) is 5.52 Å². The SMILES string of the molecule is CC(C)CN1C[C@H]2C[C@H]1CN2c1nc2c(C(N)=O)cccc2[nH]1. The van der Waals surface area contributed by atoms with E-state index in [0.717, 1.165) is 24.6 Å². The van der Waals surface area contributed by atoms with Crippen LogP contribution in [0.3, 0.4) is 0 Å². The second kappa shape index (κ2) is 5.23. The summed E-state index contributed by atoms with van der Waals surface area (Å²) >= 11 is 0. The number of imidazole rings is 1. The van der Waals surface area contributed by atoms with Crippen molar-refractivity contribution in [3.05, 3.63) is 23.8 Å². The molecular formula is C17H23N5O. The van der Waals surface area contributed by atoms with Crippen LogP contribution in [0.1, 0.15) is 30.6 Å². The summed E-state index contributed by atoms with van der Waals surface area (Å²) in [5.74, 6) is 1.14. The molecule has 2 bridgehead atoms. The molecule has 23 heavy (non-hydrogen) atoms. The first-order chi connectivity index (χ1) is 11.0. The molecule has 0 aliphatic carbocycles. The summed E-state index contributed by atoms with van der Waals surface area (Å²) in [6.07, 6.45) is 1.20. The molecule has 2 atom stereocenters. The number of hydrogen-bond donors (Lipinski definition) is 2. The Kier molecular flexibility index (Phi) is 3.30. The quantitative estimate of drug-likeness (QED) is 0.898. The molecule has 2 fully saturated rings. The van der Waals surface area contributed by atoms with E-state index in [1.807, 2.05) is 12.1 Å². The minimum absolute atomic E-state index is 0.431. The van der Waals surface area contributed by atoms with E-state index in [4.69, 9.17) is 5.73 Å². The molecule has 0 spiro atoms. The lowest BCUT2D eigenvalue weighted by Crippen LogP contribution is -2.47. The average Bonchev–Trinajstić information content (AvgIpc) is 3.17. The molecule has 122 valence electrons. The van der Waals surface area contributed by atoms with Crippen LogP contribution in [0, 0.1) is 5.92 Å². The normalized spacial score (nSPS) is 24.2. The van der Waals surface area contributed by atoms with Gasteiger partial charge in [-0.3, -0.25) is 9.69 Å². The van der Waals surface area contributed by atoms with Gasteiger partial charge in [-0.05, 0) is 24.5 Å². The van der Waals surface area contributed by atoms with Crippen molar-refractivity contribution in [1.82, 2.24) is 14.9 Å². The van der Waals surface area contributed by atoms with Crippen LogP contribution in [0.5, 0.6) is 0 Å². The number of aromatic nitrogens is 2. The van der Waals surface area contributed by atoms with Crippen molar-refractivity contribution in [3.63, 3.8) is 0 Å². The molecule has 6 heteroatoms. The van der Waals surface area contributed by atoms with Gasteiger partial charge in [0.05, 0.1) is 11.1 Å². The second-order valence-electron chi connectivity index (χ2n) is 7.17. The molecule has 2 saturated heterocycles. The number of fused-ring (bicyclic) bond motifs is 3. The number of para-hydroxylation sites is 1. The summed E-state index contributed by atoms with van der Waals surface area (Å²) in [4.78, 5) is 24.6. The number of benzene rings is 1. The van der Waals surface area contributed by atoms with Crippen LogP contribution in [-0.4, -0.2) is 52.5 Å². The summed E-state index contributed by atoms with van der Waals surface area (Å²) in [6, 6.07) is 6.64. The van der Waals surface area contributed by atoms with Gasteiger partial charge in [-0.1, -0.05) is 19.9 Å². The number of nitrogens with one attached hydrogen (secondary N) is 1. The summed E-state index contributed by atoms with van der Waals surface area (Å²) in [7, 11) is 0. The molecule has 0 saturated carbocycles. The van der Waals surface area contributed by atoms with Gasteiger partial charge >= 0.3 is 0 Å². The highest BCUT2D eigenvalue weighted by Crippen LogP contribution is 2.34. The number of aromatic amines is 1. The van der Waals surface area contributed by atoms with Crippen molar-refractivity contribution in [2.24, 2.45) is 11.7 Å². The number of H-pyrrole nitrogens is 1. The number of carbonyl (C=O) groups excluding carboxylic acids is 1. The highest BCUT2D eigenvalue weighted by atomic mass is 16.1. The number of piperazine rings is 1. The van der Waals surface area contributed by atoms with Crippen molar-refractivity contribution >= 4 is 22.9 Å². The smallest absolute Gasteiger partial charge is 0.250 e. The molecule has 1 aromatic heterocycles. The monoisotopic (exact) mass is 313 g/mol. The molecule has 4 rings (SSSR count). The molecule has 2 aliphatic rings. The van der Waals surface area contributed by atoms with E-state index < -0.39 is 5.91 Å². The summed E-state index contributed by atoms with van der Waals surface area (Å²) in [5.41, 5.74) is 7.49. The van der Waals surface area contributed by atoms with E-state index in [0.29, 0.717) is 29.1 Å². The van der Waals surface area contributed by atoms with Gasteiger partial charge in [0.25, 0.3) is 5.91 Å². The third kappa shape index (κ3) is 2.37. The molecule has 2 aromatic rings. The van der Waals surface area contributed by atoms with Crippen molar-refractivity contribution in [3.8, 4) is 0 Å². The lowest BCUT2D eigenvalue weighted by Gasteiger charge is -2.34. The Labute approximate surface area is 135 Å². The number of hydrogen-bond acceptors (Lipinski definition) is 4. The van der Waals surface area contributed by atoms with Crippen LogP contribution in [0.4, 0.5) is 5.95 Å². The Morgan fingerprint density at radius 1 is 1.39 bits per heavy atom. The number of amides is 1. The zero-order chi connectivity index (χ0) is 16.1. The molecule has 0 unspecified atom stereocenters. The third-order valence-corrected chi connectivity index (χ3v) is 4.99. The highest BCUT2D eigenvalue weighted by Gasteiger charge is 2.44. The predicted octanol–water partition coefficient (Wildman–Crippen LogP) is 1.58. The van der Waals surface area contributed by atoms with E-state index in [9.17, 15) is 4.79 Å². The number of carbonyl (C=O) groups is 1. The van der Waals surface area contributed by atoms with Crippen LogP contribution >= 0.6 is 0 Å². The number of nitrogens with two attached hydrogens (primary N) is 1. The molecule has 1 aromatic carbocycles. The molecule has 2 aliphatic heterocycles. The predicted molar refractivity (Wildman–Crippen MR) is 90.6 cm³/mol. The van der Waals surface area contributed by atoms with Gasteiger partial charge < -0.3 is 15.6 Å². The molecular weight excluding hydrogens is 290 g/mol. The van der Waals surface area contributed by atoms with Gasteiger partial charge in [0.15, 0.2) is 0 Å². The topological polar surface area (TPSA) is 78.2 Å². The van der Waals surface area contributed by atoms with Crippen LogP contribution in [0.2, 0.25) is 0 Å². The first-order valence-electron chi connectivity index (χ1n) is 8.32. The first kappa shape index (κ1) is 14.5. The first-order valence-corrected chi connectivity index (χ1v) is 8.32. The fourth-order valence-corrected chi connectivity index (χ4v) is 4.06. The molecule has 3 N–H and O–H groups in total. The number of likely N-dealkylation sites (tertiary alicyclic amines) is 1. The van der Waals surface area contributed by atoms with Crippen LogP contribution in [0.25, 0.3) is 11.0 Å². The summed E-state index contributed by atoms with van der Waals surface area (Å²) in [5, 5.41) is 0. The van der Waals surface area contributed by atoms with Crippen LogP contribution in [0.15, 0.2) is 18.2 Å². The van der Waals surface area contributed by atoms with Gasteiger partial charge in [-0.25, -0.2) is 4.98 Å². The van der Waals surface area contributed by atoms with Crippen LogP contribution < -0.4 is 10.6 Å². The van der Waals surface area contributed by atoms with E-state index in [-0.39, 0.29) is 0 Å². The second-order valence-corrected chi connectivity index (χ2v) is 7.17. The standard InChI is InChI=1S/C17H23N5O/c1-10(2)7-21-8-12-6-11(21)9-22(12)17-19-14-5-3-4-13(16(18)23)15(14)20-17/h3-5,10-12H,6-9H2,1-2H3,(H2,18,23)(H,19,20)/t11-,12+/m0/s1. The van der Waals surface area contributed by atoms with Crippen molar-refractivity contribution in [2.45, 2.75) is 32.4 Å².